The summed E-state index contributed by atoms with van der Waals surface area (Å²) in [5, 5.41) is 0. The maximum Gasteiger partial charge on any atom is 0.163 e. The predicted molar refractivity (Wildman–Crippen MR) is 83.2 cm³/mol. The van der Waals surface area contributed by atoms with E-state index >= 15 is 0 Å². The summed E-state index contributed by atoms with van der Waals surface area (Å²) in [7, 11) is 0. The zero-order valence-corrected chi connectivity index (χ0v) is 12.4. The average molecular weight is 270 g/mol. The molecule has 0 atom stereocenters. The zero-order valence-electron chi connectivity index (χ0n) is 12.4. The number of hydrogen-bond acceptors (Lipinski definition) is 1. The SMILES string of the molecule is O=C(CC1CCCCCC1)c1ccccc1C1CCC1. The number of rotatable bonds is 4. The summed E-state index contributed by atoms with van der Waals surface area (Å²) in [6.07, 6.45) is 12.5. The molecule has 0 N–H and O–H groups in total. The van der Waals surface area contributed by atoms with Crippen molar-refractivity contribution in [2.24, 2.45) is 5.92 Å². The van der Waals surface area contributed by atoms with Crippen molar-refractivity contribution in [2.45, 2.75) is 70.1 Å². The van der Waals surface area contributed by atoms with Crippen molar-refractivity contribution >= 4 is 5.78 Å². The number of carbonyl (C=O) groups is 1. The smallest absolute Gasteiger partial charge is 0.163 e. The molecule has 0 radical (unpaired) electrons. The molecule has 2 saturated carbocycles. The van der Waals surface area contributed by atoms with Crippen molar-refractivity contribution in [3.63, 3.8) is 0 Å². The lowest BCUT2D eigenvalue weighted by molar-refractivity contribution is 0.0955. The molecular formula is C19H26O. The van der Waals surface area contributed by atoms with Crippen molar-refractivity contribution in [2.75, 3.05) is 0 Å². The van der Waals surface area contributed by atoms with Gasteiger partial charge in [0.25, 0.3) is 0 Å². The Labute approximate surface area is 122 Å². The Kier molecular flexibility index (Phi) is 4.54. The first-order valence-corrected chi connectivity index (χ1v) is 8.46. The van der Waals surface area contributed by atoms with Crippen LogP contribution in [0.25, 0.3) is 0 Å². The van der Waals surface area contributed by atoms with Gasteiger partial charge in [0.1, 0.15) is 0 Å². The normalized spacial score (nSPS) is 21.2. The van der Waals surface area contributed by atoms with Crippen molar-refractivity contribution in [1.29, 1.82) is 0 Å². The second kappa shape index (κ2) is 6.56. The summed E-state index contributed by atoms with van der Waals surface area (Å²) in [5.74, 6) is 1.70. The third-order valence-electron chi connectivity index (χ3n) is 5.26. The van der Waals surface area contributed by atoms with E-state index in [9.17, 15) is 4.79 Å². The van der Waals surface area contributed by atoms with Crippen LogP contribution in [0.3, 0.4) is 0 Å². The van der Waals surface area contributed by atoms with Gasteiger partial charge in [0.15, 0.2) is 5.78 Å². The topological polar surface area (TPSA) is 17.1 Å². The molecule has 0 aromatic heterocycles. The first-order chi connectivity index (χ1) is 9.84. The Morgan fingerprint density at radius 1 is 0.900 bits per heavy atom. The van der Waals surface area contributed by atoms with Gasteiger partial charge in [-0.15, -0.1) is 0 Å². The molecule has 20 heavy (non-hydrogen) atoms. The molecule has 108 valence electrons. The highest BCUT2D eigenvalue weighted by Crippen LogP contribution is 2.38. The molecule has 0 saturated heterocycles. The minimum atomic E-state index is 0.402. The van der Waals surface area contributed by atoms with Crippen LogP contribution >= 0.6 is 0 Å². The van der Waals surface area contributed by atoms with E-state index in [1.54, 1.807) is 0 Å². The monoisotopic (exact) mass is 270 g/mol. The summed E-state index contributed by atoms with van der Waals surface area (Å²) >= 11 is 0. The molecule has 1 aromatic rings. The van der Waals surface area contributed by atoms with Gasteiger partial charge in [0.05, 0.1) is 0 Å². The number of ketones is 1. The first kappa shape index (κ1) is 13.9. The van der Waals surface area contributed by atoms with E-state index in [-0.39, 0.29) is 0 Å². The van der Waals surface area contributed by atoms with Crippen molar-refractivity contribution < 1.29 is 4.79 Å². The van der Waals surface area contributed by atoms with Crippen LogP contribution in [-0.2, 0) is 0 Å². The molecule has 0 unspecified atom stereocenters. The second-order valence-corrected chi connectivity index (χ2v) is 6.70. The van der Waals surface area contributed by atoms with Crippen LogP contribution in [0, 0.1) is 5.92 Å². The molecule has 1 aromatic carbocycles. The van der Waals surface area contributed by atoms with Gasteiger partial charge in [-0.3, -0.25) is 4.79 Å². The Morgan fingerprint density at radius 3 is 2.25 bits per heavy atom. The molecule has 1 heteroatoms. The summed E-state index contributed by atoms with van der Waals surface area (Å²) in [4.78, 5) is 12.7. The Hall–Kier alpha value is -1.11. The van der Waals surface area contributed by atoms with Gasteiger partial charge < -0.3 is 0 Å². The van der Waals surface area contributed by atoms with Crippen LogP contribution < -0.4 is 0 Å². The Morgan fingerprint density at radius 2 is 1.60 bits per heavy atom. The average Bonchev–Trinajstić information content (AvgIpc) is 2.66. The lowest BCUT2D eigenvalue weighted by Gasteiger charge is -2.28. The fourth-order valence-electron chi connectivity index (χ4n) is 3.77. The minimum Gasteiger partial charge on any atom is -0.294 e. The highest BCUT2D eigenvalue weighted by Gasteiger charge is 2.25. The molecule has 1 nitrogen and oxygen atoms in total. The Bertz CT molecular complexity index is 451. The standard InChI is InChI=1S/C19H26O/c20-19(14-15-8-3-1-2-4-9-15)18-13-6-5-12-17(18)16-10-7-11-16/h5-6,12-13,15-16H,1-4,7-11,14H2. The number of benzene rings is 1. The van der Waals surface area contributed by atoms with Crippen molar-refractivity contribution in [3.8, 4) is 0 Å². The maximum absolute atomic E-state index is 12.7. The molecule has 0 aliphatic heterocycles. The lowest BCUT2D eigenvalue weighted by atomic mass is 9.77. The van der Waals surface area contributed by atoms with E-state index in [1.165, 1.54) is 63.4 Å². The molecule has 0 amide bonds. The quantitative estimate of drug-likeness (QED) is 0.521. The van der Waals surface area contributed by atoms with Crippen LogP contribution in [0.15, 0.2) is 24.3 Å². The third kappa shape index (κ3) is 3.13. The van der Waals surface area contributed by atoms with E-state index in [0.29, 0.717) is 17.6 Å². The summed E-state index contributed by atoms with van der Waals surface area (Å²) in [6, 6.07) is 8.37. The lowest BCUT2D eigenvalue weighted by Crippen LogP contribution is -2.15. The van der Waals surface area contributed by atoms with E-state index < -0.39 is 0 Å². The first-order valence-electron chi connectivity index (χ1n) is 8.46. The van der Waals surface area contributed by atoms with Gasteiger partial charge in [0.2, 0.25) is 0 Å². The molecule has 2 aliphatic rings. The van der Waals surface area contributed by atoms with Gasteiger partial charge in [-0.25, -0.2) is 0 Å². The van der Waals surface area contributed by atoms with Gasteiger partial charge in [-0.2, -0.15) is 0 Å². The number of hydrogen-bond donors (Lipinski definition) is 0. The predicted octanol–water partition coefficient (Wildman–Crippen LogP) is 5.50. The fraction of sp³-hybridized carbons (Fsp3) is 0.632. The molecule has 0 bridgehead atoms. The maximum atomic E-state index is 12.7. The molecular weight excluding hydrogens is 244 g/mol. The third-order valence-corrected chi connectivity index (χ3v) is 5.26. The molecule has 2 fully saturated rings. The van der Waals surface area contributed by atoms with Crippen molar-refractivity contribution in [3.05, 3.63) is 35.4 Å². The van der Waals surface area contributed by atoms with E-state index in [0.717, 1.165) is 12.0 Å². The molecule has 2 aliphatic carbocycles. The highest BCUT2D eigenvalue weighted by atomic mass is 16.1. The minimum absolute atomic E-state index is 0.402. The fourth-order valence-corrected chi connectivity index (χ4v) is 3.77. The van der Waals surface area contributed by atoms with Gasteiger partial charge in [-0.05, 0) is 30.2 Å². The van der Waals surface area contributed by atoms with Gasteiger partial charge in [0, 0.05) is 12.0 Å². The van der Waals surface area contributed by atoms with Gasteiger partial charge in [-0.1, -0.05) is 69.2 Å². The molecule has 3 rings (SSSR count). The second-order valence-electron chi connectivity index (χ2n) is 6.70. The summed E-state index contributed by atoms with van der Waals surface area (Å²) in [6.45, 7) is 0. The number of carbonyl (C=O) groups excluding carboxylic acids is 1. The van der Waals surface area contributed by atoms with Crippen LogP contribution in [-0.4, -0.2) is 5.78 Å². The van der Waals surface area contributed by atoms with Crippen molar-refractivity contribution in [1.82, 2.24) is 0 Å². The summed E-state index contributed by atoms with van der Waals surface area (Å²) < 4.78 is 0. The highest BCUT2D eigenvalue weighted by molar-refractivity contribution is 5.97. The van der Waals surface area contributed by atoms with E-state index in [4.69, 9.17) is 0 Å². The van der Waals surface area contributed by atoms with Crippen LogP contribution in [0.2, 0.25) is 0 Å². The molecule has 0 heterocycles. The number of Topliss-reactive ketones (excluding diaryl/α,β-unsaturated/α-hetero) is 1. The van der Waals surface area contributed by atoms with E-state index in [2.05, 4.69) is 18.2 Å². The van der Waals surface area contributed by atoms with Crippen LogP contribution in [0.5, 0.6) is 0 Å². The van der Waals surface area contributed by atoms with Gasteiger partial charge >= 0.3 is 0 Å². The Balaban J connectivity index is 1.69. The van der Waals surface area contributed by atoms with Crippen LogP contribution in [0.1, 0.15) is 86.0 Å². The van der Waals surface area contributed by atoms with E-state index in [1.807, 2.05) is 6.07 Å². The zero-order chi connectivity index (χ0) is 13.8. The molecule has 0 spiro atoms. The summed E-state index contributed by atoms with van der Waals surface area (Å²) in [5.41, 5.74) is 2.36. The largest absolute Gasteiger partial charge is 0.294 e. The van der Waals surface area contributed by atoms with Crippen LogP contribution in [0.4, 0.5) is 0 Å².